The van der Waals surface area contributed by atoms with E-state index in [1.165, 1.54) is 6.92 Å². The highest BCUT2D eigenvalue weighted by atomic mass is 31.2. The quantitative estimate of drug-likeness (QED) is 0.306. The van der Waals surface area contributed by atoms with Crippen LogP contribution in [0.5, 0.6) is 0 Å². The Hall–Kier alpha value is 0.0300. The Morgan fingerprint density at radius 1 is 1.40 bits per heavy atom. The lowest BCUT2D eigenvalue weighted by Crippen LogP contribution is -2.03. The molecule has 0 radical (unpaired) electrons. The van der Waals surface area contributed by atoms with Crippen LogP contribution >= 0.6 is 7.82 Å². The van der Waals surface area contributed by atoms with Crippen LogP contribution in [0.15, 0.2) is 0 Å². The summed E-state index contributed by atoms with van der Waals surface area (Å²) in [5, 5.41) is 16.0. The Kier molecular flexibility index (Phi) is 7.34. The van der Waals surface area contributed by atoms with Gasteiger partial charge in [-0.1, -0.05) is 0 Å². The Morgan fingerprint density at radius 2 is 1.50 bits per heavy atom. The molecule has 1 unspecified atom stereocenters. The van der Waals surface area contributed by atoms with Crippen LogP contribution in [-0.4, -0.2) is 37.6 Å². The first-order chi connectivity index (χ1) is 4.27. The number of rotatable bonds is 1. The van der Waals surface area contributed by atoms with Crippen molar-refractivity contribution in [3.8, 4) is 0 Å². The SMILES string of the molecule is CC(O)CO.O=P(O)(O)O. The minimum atomic E-state index is -4.64. The predicted molar refractivity (Wildman–Crippen MR) is 33.0 cm³/mol. The van der Waals surface area contributed by atoms with E-state index in [4.69, 9.17) is 29.5 Å². The van der Waals surface area contributed by atoms with Crippen molar-refractivity contribution >= 4 is 7.82 Å². The van der Waals surface area contributed by atoms with Crippen molar-refractivity contribution in [3.63, 3.8) is 0 Å². The topological polar surface area (TPSA) is 118 Å². The van der Waals surface area contributed by atoms with Crippen molar-refractivity contribution in [1.29, 1.82) is 0 Å². The van der Waals surface area contributed by atoms with Crippen molar-refractivity contribution in [2.45, 2.75) is 13.0 Å². The van der Waals surface area contributed by atoms with E-state index in [9.17, 15) is 0 Å². The summed E-state index contributed by atoms with van der Waals surface area (Å²) in [7, 11) is -4.64. The zero-order chi connectivity index (χ0) is 8.78. The van der Waals surface area contributed by atoms with Crippen LogP contribution in [0, 0.1) is 0 Å². The molecular weight excluding hydrogens is 163 g/mol. The second-order valence-electron chi connectivity index (χ2n) is 1.54. The minimum absolute atomic E-state index is 0.139. The van der Waals surface area contributed by atoms with Gasteiger partial charge in [-0.15, -0.1) is 0 Å². The maximum Gasteiger partial charge on any atom is 0.466 e. The molecule has 0 bridgehead atoms. The Balaban J connectivity index is 0. The molecule has 5 N–H and O–H groups in total. The molecule has 0 fully saturated rings. The van der Waals surface area contributed by atoms with Gasteiger partial charge in [0.05, 0.1) is 12.7 Å². The third-order valence-electron chi connectivity index (χ3n) is 0.264. The van der Waals surface area contributed by atoms with Gasteiger partial charge in [-0.25, -0.2) is 4.57 Å². The zero-order valence-corrected chi connectivity index (χ0v) is 6.27. The molecule has 0 rings (SSSR count). The molecule has 0 saturated heterocycles. The van der Waals surface area contributed by atoms with Gasteiger partial charge >= 0.3 is 7.82 Å². The van der Waals surface area contributed by atoms with E-state index in [1.54, 1.807) is 0 Å². The van der Waals surface area contributed by atoms with Gasteiger partial charge in [0, 0.05) is 0 Å². The fourth-order valence-electron chi connectivity index (χ4n) is 0. The Bertz CT molecular complexity index is 97.3. The molecule has 7 heteroatoms. The highest BCUT2D eigenvalue weighted by Gasteiger charge is 2.00. The molecule has 0 saturated carbocycles. The summed E-state index contributed by atoms with van der Waals surface area (Å²) >= 11 is 0. The lowest BCUT2D eigenvalue weighted by Gasteiger charge is -1.90. The van der Waals surface area contributed by atoms with Crippen LogP contribution in [0.1, 0.15) is 6.92 Å². The highest BCUT2D eigenvalue weighted by Crippen LogP contribution is 2.25. The Morgan fingerprint density at radius 3 is 1.50 bits per heavy atom. The smallest absolute Gasteiger partial charge is 0.394 e. The van der Waals surface area contributed by atoms with E-state index in [-0.39, 0.29) is 6.61 Å². The molecule has 10 heavy (non-hydrogen) atoms. The molecule has 0 amide bonds. The molecule has 1 atom stereocenters. The van der Waals surface area contributed by atoms with Crippen LogP contribution in [0.2, 0.25) is 0 Å². The third kappa shape index (κ3) is 96.3. The van der Waals surface area contributed by atoms with E-state index < -0.39 is 13.9 Å². The molecule has 0 aromatic rings. The zero-order valence-electron chi connectivity index (χ0n) is 5.38. The van der Waals surface area contributed by atoms with E-state index in [0.29, 0.717) is 0 Å². The summed E-state index contributed by atoms with van der Waals surface area (Å²) in [6, 6.07) is 0. The van der Waals surface area contributed by atoms with Crippen molar-refractivity contribution in [3.05, 3.63) is 0 Å². The van der Waals surface area contributed by atoms with Gasteiger partial charge in [0.1, 0.15) is 0 Å². The summed E-state index contributed by atoms with van der Waals surface area (Å²) in [6.45, 7) is 1.39. The lowest BCUT2D eigenvalue weighted by atomic mass is 10.5. The van der Waals surface area contributed by atoms with E-state index >= 15 is 0 Å². The number of hydrogen-bond acceptors (Lipinski definition) is 3. The second kappa shape index (κ2) is 5.79. The molecule has 0 aliphatic heterocycles. The van der Waals surface area contributed by atoms with E-state index in [2.05, 4.69) is 0 Å². The van der Waals surface area contributed by atoms with Crippen LogP contribution in [0.3, 0.4) is 0 Å². The fraction of sp³-hybridized carbons (Fsp3) is 1.00. The molecule has 6 nitrogen and oxygen atoms in total. The van der Waals surface area contributed by atoms with Crippen molar-refractivity contribution in [2.75, 3.05) is 6.61 Å². The van der Waals surface area contributed by atoms with Crippen molar-refractivity contribution < 1.29 is 29.5 Å². The summed E-state index contributed by atoms with van der Waals surface area (Å²) in [5.74, 6) is 0. The van der Waals surface area contributed by atoms with Crippen LogP contribution in [0.25, 0.3) is 0 Å². The summed E-state index contributed by atoms with van der Waals surface area (Å²) in [4.78, 5) is 21.6. The van der Waals surface area contributed by atoms with Gasteiger partial charge < -0.3 is 24.9 Å². The average Bonchev–Trinajstić information content (AvgIpc) is 1.61. The molecule has 64 valence electrons. The molecule has 0 aliphatic rings. The average molecular weight is 174 g/mol. The first-order valence-corrected chi connectivity index (χ1v) is 3.91. The number of aliphatic hydroxyl groups is 2. The van der Waals surface area contributed by atoms with Gasteiger partial charge in [-0.3, -0.25) is 0 Å². The highest BCUT2D eigenvalue weighted by molar-refractivity contribution is 7.45. The number of phosphoric acid groups is 1. The first kappa shape index (κ1) is 12.7. The van der Waals surface area contributed by atoms with Crippen LogP contribution in [0.4, 0.5) is 0 Å². The molecule has 0 aromatic carbocycles. The predicted octanol–water partition coefficient (Wildman–Crippen LogP) is -1.57. The van der Waals surface area contributed by atoms with Crippen LogP contribution < -0.4 is 0 Å². The summed E-state index contributed by atoms with van der Waals surface area (Å²) in [6.07, 6.45) is -0.560. The van der Waals surface area contributed by atoms with Gasteiger partial charge in [0.15, 0.2) is 0 Å². The Labute approximate surface area is 58.0 Å². The van der Waals surface area contributed by atoms with Gasteiger partial charge in [-0.2, -0.15) is 0 Å². The van der Waals surface area contributed by atoms with Crippen molar-refractivity contribution in [1.82, 2.24) is 0 Å². The van der Waals surface area contributed by atoms with Gasteiger partial charge in [0.25, 0.3) is 0 Å². The number of aliphatic hydroxyl groups excluding tert-OH is 2. The molecular formula is C3H11O6P. The van der Waals surface area contributed by atoms with Crippen molar-refractivity contribution in [2.24, 2.45) is 0 Å². The van der Waals surface area contributed by atoms with Crippen LogP contribution in [-0.2, 0) is 4.57 Å². The normalized spacial score (nSPS) is 13.4. The molecule has 0 spiro atoms. The minimum Gasteiger partial charge on any atom is -0.394 e. The molecule has 0 heterocycles. The number of hydrogen-bond donors (Lipinski definition) is 5. The van der Waals surface area contributed by atoms with E-state index in [1.807, 2.05) is 0 Å². The third-order valence-corrected chi connectivity index (χ3v) is 0.264. The van der Waals surface area contributed by atoms with Gasteiger partial charge in [-0.05, 0) is 6.92 Å². The molecule has 0 aliphatic carbocycles. The monoisotopic (exact) mass is 174 g/mol. The fourth-order valence-corrected chi connectivity index (χ4v) is 0. The van der Waals surface area contributed by atoms with E-state index in [0.717, 1.165) is 0 Å². The summed E-state index contributed by atoms with van der Waals surface area (Å²) in [5.41, 5.74) is 0. The molecule has 0 aromatic heterocycles. The first-order valence-electron chi connectivity index (χ1n) is 2.34. The largest absolute Gasteiger partial charge is 0.466 e. The maximum absolute atomic E-state index is 8.88. The lowest BCUT2D eigenvalue weighted by molar-refractivity contribution is 0.110. The maximum atomic E-state index is 8.88. The summed E-state index contributed by atoms with van der Waals surface area (Å²) < 4.78 is 8.88. The standard InChI is InChI=1S/C3H8O2.H3O4P/c1-3(5)2-4;1-5(2,3)4/h3-5H,2H2,1H3;(H3,1,2,3,4). The second-order valence-corrected chi connectivity index (χ2v) is 2.57. The van der Waals surface area contributed by atoms with Gasteiger partial charge in [0.2, 0.25) is 0 Å².